The Morgan fingerprint density at radius 1 is 1.53 bits per heavy atom. The molecule has 0 aliphatic rings. The largest absolute Gasteiger partial charge is 0.353 e. The van der Waals surface area contributed by atoms with Crippen LogP contribution in [-0.4, -0.2) is 22.7 Å². The van der Waals surface area contributed by atoms with Gasteiger partial charge in [-0.1, -0.05) is 13.8 Å². The van der Waals surface area contributed by atoms with Crippen molar-refractivity contribution >= 4 is 29.0 Å². The molecule has 3 nitrogen and oxygen atoms in total. The molecule has 0 fully saturated rings. The molecule has 1 aromatic rings. The molecule has 1 heterocycles. The Hall–Kier alpha value is -0.550. The molecule has 1 aromatic heterocycles. The Bertz CT molecular complexity index is 363. The van der Waals surface area contributed by atoms with Crippen LogP contribution < -0.4 is 5.32 Å². The Morgan fingerprint density at radius 3 is 2.76 bits per heavy atom. The maximum atomic E-state index is 11.6. The molecule has 0 aliphatic carbocycles. The summed E-state index contributed by atoms with van der Waals surface area (Å²) >= 11 is 3.27. The van der Waals surface area contributed by atoms with E-state index in [0.29, 0.717) is 11.7 Å². The minimum atomic E-state index is 0.114. The van der Waals surface area contributed by atoms with Gasteiger partial charge in [0.15, 0.2) is 0 Å². The summed E-state index contributed by atoms with van der Waals surface area (Å²) < 4.78 is 0. The van der Waals surface area contributed by atoms with Crippen LogP contribution >= 0.6 is 23.1 Å². The van der Waals surface area contributed by atoms with Gasteiger partial charge in [0.25, 0.3) is 0 Å². The molecule has 96 valence electrons. The highest BCUT2D eigenvalue weighted by Gasteiger charge is 2.10. The summed E-state index contributed by atoms with van der Waals surface area (Å²) in [7, 11) is 0. The van der Waals surface area contributed by atoms with Crippen LogP contribution in [0.25, 0.3) is 0 Å². The number of carbonyl (C=O) groups excluding carboxylic acids is 1. The predicted molar refractivity (Wildman–Crippen MR) is 75.5 cm³/mol. The van der Waals surface area contributed by atoms with Crippen molar-refractivity contribution in [3.05, 3.63) is 16.1 Å². The summed E-state index contributed by atoms with van der Waals surface area (Å²) in [6.07, 6.45) is 0. The first-order valence-electron chi connectivity index (χ1n) is 5.77. The highest BCUT2D eigenvalue weighted by Crippen LogP contribution is 2.14. The molecule has 1 rings (SSSR count). The first-order valence-corrected chi connectivity index (χ1v) is 7.80. The average Bonchev–Trinajstić information content (AvgIpc) is 2.64. The van der Waals surface area contributed by atoms with Gasteiger partial charge in [-0.15, -0.1) is 23.1 Å². The maximum Gasteiger partial charge on any atom is 0.230 e. The fraction of sp³-hybridized carbons (Fsp3) is 0.667. The molecule has 0 saturated heterocycles. The van der Waals surface area contributed by atoms with Gasteiger partial charge in [-0.25, -0.2) is 4.98 Å². The van der Waals surface area contributed by atoms with Gasteiger partial charge < -0.3 is 5.32 Å². The predicted octanol–water partition coefficient (Wildman–Crippen LogP) is 2.85. The second-order valence-electron chi connectivity index (χ2n) is 4.45. The number of thiazole rings is 1. The van der Waals surface area contributed by atoms with E-state index in [9.17, 15) is 4.79 Å². The average molecular weight is 272 g/mol. The molecule has 0 spiro atoms. The van der Waals surface area contributed by atoms with E-state index in [0.717, 1.165) is 16.5 Å². The summed E-state index contributed by atoms with van der Waals surface area (Å²) in [4.78, 5) is 16.0. The molecule has 0 radical (unpaired) electrons. The van der Waals surface area contributed by atoms with Gasteiger partial charge in [0, 0.05) is 17.2 Å². The van der Waals surface area contributed by atoms with Crippen LogP contribution in [0.2, 0.25) is 0 Å². The number of nitrogens with zero attached hydrogens (tertiary/aromatic N) is 1. The molecule has 0 aliphatic heterocycles. The Morgan fingerprint density at radius 2 is 2.24 bits per heavy atom. The van der Waals surface area contributed by atoms with Crippen LogP contribution in [0, 0.1) is 12.8 Å². The zero-order chi connectivity index (χ0) is 12.8. The number of hydrogen-bond donors (Lipinski definition) is 1. The van der Waals surface area contributed by atoms with E-state index in [1.807, 2.05) is 13.8 Å². The monoisotopic (exact) mass is 272 g/mol. The second-order valence-corrected chi connectivity index (χ2v) is 6.50. The third-order valence-electron chi connectivity index (χ3n) is 2.54. The molecular weight excluding hydrogens is 252 g/mol. The number of carbonyl (C=O) groups is 1. The number of aromatic nitrogens is 1. The zero-order valence-electron chi connectivity index (χ0n) is 10.8. The number of aryl methyl sites for hydroxylation is 1. The Balaban J connectivity index is 2.20. The lowest BCUT2D eigenvalue weighted by Gasteiger charge is -2.17. The minimum Gasteiger partial charge on any atom is -0.353 e. The number of rotatable bonds is 6. The highest BCUT2D eigenvalue weighted by atomic mass is 32.2. The first kappa shape index (κ1) is 14.5. The lowest BCUT2D eigenvalue weighted by molar-refractivity contribution is -0.119. The van der Waals surface area contributed by atoms with Gasteiger partial charge in [0.1, 0.15) is 0 Å². The van der Waals surface area contributed by atoms with Gasteiger partial charge in [-0.2, -0.15) is 0 Å². The van der Waals surface area contributed by atoms with Crippen LogP contribution in [0.3, 0.4) is 0 Å². The van der Waals surface area contributed by atoms with Gasteiger partial charge in [0.2, 0.25) is 5.91 Å². The molecule has 0 aromatic carbocycles. The molecule has 1 unspecified atom stereocenters. The number of nitrogens with one attached hydrogen (secondary N) is 1. The van der Waals surface area contributed by atoms with Crippen molar-refractivity contribution in [3.8, 4) is 0 Å². The van der Waals surface area contributed by atoms with E-state index in [4.69, 9.17) is 0 Å². The van der Waals surface area contributed by atoms with Crippen LogP contribution in [0.15, 0.2) is 5.38 Å². The van der Waals surface area contributed by atoms with Crippen LogP contribution in [0.5, 0.6) is 0 Å². The van der Waals surface area contributed by atoms with Gasteiger partial charge in [-0.3, -0.25) is 4.79 Å². The molecule has 0 bridgehead atoms. The van der Waals surface area contributed by atoms with Crippen LogP contribution in [-0.2, 0) is 10.5 Å². The van der Waals surface area contributed by atoms with Gasteiger partial charge in [0.05, 0.1) is 16.5 Å². The van der Waals surface area contributed by atoms with Gasteiger partial charge in [-0.05, 0) is 19.8 Å². The van der Waals surface area contributed by atoms with Crippen molar-refractivity contribution in [2.45, 2.75) is 39.5 Å². The molecular formula is C12H20N2OS2. The van der Waals surface area contributed by atoms with E-state index in [1.54, 1.807) is 23.1 Å². The summed E-state index contributed by atoms with van der Waals surface area (Å²) in [6, 6.07) is 0.240. The van der Waals surface area contributed by atoms with E-state index in [1.165, 1.54) is 0 Å². The Labute approximate surface area is 111 Å². The van der Waals surface area contributed by atoms with E-state index in [2.05, 4.69) is 29.5 Å². The summed E-state index contributed by atoms with van der Waals surface area (Å²) in [5.74, 6) is 1.91. The lowest BCUT2D eigenvalue weighted by atomic mass is 10.1. The van der Waals surface area contributed by atoms with Crippen LogP contribution in [0.4, 0.5) is 0 Å². The fourth-order valence-electron chi connectivity index (χ4n) is 1.19. The summed E-state index contributed by atoms with van der Waals surface area (Å²) in [6.45, 7) is 8.25. The standard InChI is InChI=1S/C12H20N2OS2/c1-8(2)9(3)13-12(15)7-16-5-11-6-17-10(4)14-11/h6,8-9H,5,7H2,1-4H3,(H,13,15). The van der Waals surface area contributed by atoms with E-state index >= 15 is 0 Å². The van der Waals surface area contributed by atoms with E-state index < -0.39 is 0 Å². The van der Waals surface area contributed by atoms with Crippen molar-refractivity contribution in [2.24, 2.45) is 5.92 Å². The van der Waals surface area contributed by atoms with E-state index in [-0.39, 0.29) is 11.9 Å². The SMILES string of the molecule is Cc1nc(CSCC(=O)NC(C)C(C)C)cs1. The molecule has 1 atom stereocenters. The van der Waals surface area contributed by atoms with Crippen molar-refractivity contribution < 1.29 is 4.79 Å². The molecule has 1 N–H and O–H groups in total. The third kappa shape index (κ3) is 5.55. The smallest absolute Gasteiger partial charge is 0.230 e. The van der Waals surface area contributed by atoms with Crippen molar-refractivity contribution in [1.82, 2.24) is 10.3 Å². The van der Waals surface area contributed by atoms with Crippen molar-refractivity contribution in [1.29, 1.82) is 0 Å². The minimum absolute atomic E-state index is 0.114. The summed E-state index contributed by atoms with van der Waals surface area (Å²) in [5, 5.41) is 6.13. The maximum absolute atomic E-state index is 11.6. The molecule has 5 heteroatoms. The fourth-order valence-corrected chi connectivity index (χ4v) is 2.63. The third-order valence-corrected chi connectivity index (χ3v) is 4.33. The topological polar surface area (TPSA) is 42.0 Å². The number of thioether (sulfide) groups is 1. The first-order chi connectivity index (χ1) is 7.99. The van der Waals surface area contributed by atoms with Crippen LogP contribution in [0.1, 0.15) is 31.5 Å². The quantitative estimate of drug-likeness (QED) is 0.866. The van der Waals surface area contributed by atoms with Gasteiger partial charge >= 0.3 is 0 Å². The molecule has 1 amide bonds. The number of hydrogen-bond acceptors (Lipinski definition) is 4. The normalized spacial score (nSPS) is 12.8. The highest BCUT2D eigenvalue weighted by molar-refractivity contribution is 7.99. The number of amides is 1. The zero-order valence-corrected chi connectivity index (χ0v) is 12.5. The lowest BCUT2D eigenvalue weighted by Crippen LogP contribution is -2.37. The molecule has 17 heavy (non-hydrogen) atoms. The Kier molecular flexibility index (Phi) is 5.98. The van der Waals surface area contributed by atoms with Crippen molar-refractivity contribution in [3.63, 3.8) is 0 Å². The second kappa shape index (κ2) is 7.01. The molecule has 0 saturated carbocycles. The summed E-state index contributed by atoms with van der Waals surface area (Å²) in [5.41, 5.74) is 1.07. The van der Waals surface area contributed by atoms with Crippen molar-refractivity contribution in [2.75, 3.05) is 5.75 Å².